The highest BCUT2D eigenvalue weighted by atomic mass is 32.1. The summed E-state index contributed by atoms with van der Waals surface area (Å²) < 4.78 is 5.70. The summed E-state index contributed by atoms with van der Waals surface area (Å²) in [6.07, 6.45) is 0.879. The lowest BCUT2D eigenvalue weighted by molar-refractivity contribution is 0.324. The van der Waals surface area contributed by atoms with Crippen molar-refractivity contribution in [2.24, 2.45) is 0 Å². The van der Waals surface area contributed by atoms with Crippen LogP contribution in [-0.2, 0) is 6.42 Å². The molecule has 1 aromatic carbocycles. The van der Waals surface area contributed by atoms with Crippen molar-refractivity contribution >= 4 is 17.0 Å². The zero-order valence-electron chi connectivity index (χ0n) is 10.1. The predicted molar refractivity (Wildman–Crippen MR) is 71.6 cm³/mol. The zero-order valence-corrected chi connectivity index (χ0v) is 10.9. The third kappa shape index (κ3) is 2.97. The summed E-state index contributed by atoms with van der Waals surface area (Å²) in [7, 11) is 0. The molecule has 4 heteroatoms. The first-order valence-corrected chi connectivity index (χ1v) is 6.42. The molecule has 2 N–H and O–H groups in total. The smallest absolute Gasteiger partial charge is 0.142 e. The molecule has 0 bridgehead atoms. The van der Waals surface area contributed by atoms with Crippen molar-refractivity contribution in [2.45, 2.75) is 20.3 Å². The van der Waals surface area contributed by atoms with Gasteiger partial charge in [-0.3, -0.25) is 0 Å². The van der Waals surface area contributed by atoms with Crippen LogP contribution in [0.25, 0.3) is 0 Å². The van der Waals surface area contributed by atoms with Crippen LogP contribution < -0.4 is 10.5 Å². The minimum Gasteiger partial charge on any atom is -0.491 e. The number of aryl methyl sites for hydroxylation is 2. The topological polar surface area (TPSA) is 48.1 Å². The summed E-state index contributed by atoms with van der Waals surface area (Å²) in [6, 6.07) is 5.83. The van der Waals surface area contributed by atoms with Crippen LogP contribution in [0.15, 0.2) is 23.7 Å². The lowest BCUT2D eigenvalue weighted by Gasteiger charge is -2.09. The molecule has 2 rings (SSSR count). The van der Waals surface area contributed by atoms with E-state index in [0.29, 0.717) is 12.3 Å². The van der Waals surface area contributed by atoms with E-state index in [1.807, 2.05) is 37.6 Å². The van der Waals surface area contributed by atoms with Crippen molar-refractivity contribution in [1.29, 1.82) is 0 Å². The van der Waals surface area contributed by atoms with Gasteiger partial charge in [0.1, 0.15) is 5.75 Å². The van der Waals surface area contributed by atoms with Crippen LogP contribution in [0.3, 0.4) is 0 Å². The molecule has 3 nitrogen and oxygen atoms in total. The van der Waals surface area contributed by atoms with E-state index in [0.717, 1.165) is 23.4 Å². The Morgan fingerprint density at radius 1 is 1.35 bits per heavy atom. The summed E-state index contributed by atoms with van der Waals surface area (Å²) in [5, 5.41) is 0. The van der Waals surface area contributed by atoms with Crippen LogP contribution in [0, 0.1) is 13.8 Å². The van der Waals surface area contributed by atoms with E-state index in [9.17, 15) is 0 Å². The standard InChI is InChI=1S/C13H16N2OS/c1-9-3-4-11(14)12(7-9)16-6-5-13-10(2)15-8-17-13/h3-4,7-8H,5-6,14H2,1-2H3. The van der Waals surface area contributed by atoms with E-state index in [-0.39, 0.29) is 0 Å². The number of nitrogen functional groups attached to an aromatic ring is 1. The average Bonchev–Trinajstić information content (AvgIpc) is 2.70. The van der Waals surface area contributed by atoms with Gasteiger partial charge in [0.25, 0.3) is 0 Å². The van der Waals surface area contributed by atoms with E-state index in [4.69, 9.17) is 10.5 Å². The molecule has 0 amide bonds. The highest BCUT2D eigenvalue weighted by molar-refractivity contribution is 7.09. The predicted octanol–water partition coefficient (Wildman–Crippen LogP) is 2.96. The first kappa shape index (κ1) is 11.9. The number of ether oxygens (including phenoxy) is 1. The van der Waals surface area contributed by atoms with Gasteiger partial charge in [-0.05, 0) is 31.5 Å². The van der Waals surface area contributed by atoms with Gasteiger partial charge in [-0.15, -0.1) is 11.3 Å². The number of hydrogen-bond donors (Lipinski definition) is 1. The minimum atomic E-state index is 0.636. The molecule has 0 fully saturated rings. The number of nitrogens with two attached hydrogens (primary N) is 1. The summed E-state index contributed by atoms with van der Waals surface area (Å²) in [6.45, 7) is 4.68. The molecule has 0 aliphatic rings. The second kappa shape index (κ2) is 5.19. The molecule has 0 aliphatic heterocycles. The Hall–Kier alpha value is -1.55. The van der Waals surface area contributed by atoms with Gasteiger partial charge in [0.2, 0.25) is 0 Å². The van der Waals surface area contributed by atoms with Gasteiger partial charge in [-0.1, -0.05) is 6.07 Å². The highest BCUT2D eigenvalue weighted by Gasteiger charge is 2.04. The van der Waals surface area contributed by atoms with E-state index < -0.39 is 0 Å². The van der Waals surface area contributed by atoms with Crippen molar-refractivity contribution in [3.05, 3.63) is 39.8 Å². The molecule has 17 heavy (non-hydrogen) atoms. The number of thiazole rings is 1. The number of rotatable bonds is 4. The first-order chi connectivity index (χ1) is 8.16. The number of hydrogen-bond acceptors (Lipinski definition) is 4. The Kier molecular flexibility index (Phi) is 3.64. The van der Waals surface area contributed by atoms with Crippen LogP contribution in [0.4, 0.5) is 5.69 Å². The maximum atomic E-state index is 5.84. The van der Waals surface area contributed by atoms with E-state index >= 15 is 0 Å². The van der Waals surface area contributed by atoms with Crippen molar-refractivity contribution in [3.8, 4) is 5.75 Å². The van der Waals surface area contributed by atoms with Gasteiger partial charge >= 0.3 is 0 Å². The summed E-state index contributed by atoms with van der Waals surface area (Å²) in [5.74, 6) is 0.771. The summed E-state index contributed by atoms with van der Waals surface area (Å²) >= 11 is 1.67. The quantitative estimate of drug-likeness (QED) is 0.846. The molecule has 0 atom stereocenters. The number of nitrogens with zero attached hydrogens (tertiary/aromatic N) is 1. The largest absolute Gasteiger partial charge is 0.491 e. The third-order valence-corrected chi connectivity index (χ3v) is 3.60. The molecule has 0 spiro atoms. The number of aromatic nitrogens is 1. The molecule has 0 saturated heterocycles. The lowest BCUT2D eigenvalue weighted by atomic mass is 10.2. The maximum Gasteiger partial charge on any atom is 0.142 e. The Morgan fingerprint density at radius 3 is 2.88 bits per heavy atom. The molecule has 0 unspecified atom stereocenters. The fraction of sp³-hybridized carbons (Fsp3) is 0.308. The van der Waals surface area contributed by atoms with Crippen molar-refractivity contribution in [3.63, 3.8) is 0 Å². The molecule has 2 aromatic rings. The zero-order chi connectivity index (χ0) is 12.3. The normalized spacial score (nSPS) is 10.5. The maximum absolute atomic E-state index is 5.84. The van der Waals surface area contributed by atoms with Crippen molar-refractivity contribution in [2.75, 3.05) is 12.3 Å². The molecule has 0 aliphatic carbocycles. The molecule has 1 aromatic heterocycles. The van der Waals surface area contributed by atoms with Crippen molar-refractivity contribution in [1.82, 2.24) is 4.98 Å². The van der Waals surface area contributed by atoms with Gasteiger partial charge in [-0.25, -0.2) is 4.98 Å². The number of benzene rings is 1. The van der Waals surface area contributed by atoms with Crippen LogP contribution in [0.5, 0.6) is 5.75 Å². The van der Waals surface area contributed by atoms with E-state index in [2.05, 4.69) is 4.98 Å². The second-order valence-corrected chi connectivity index (χ2v) is 4.94. The van der Waals surface area contributed by atoms with Gasteiger partial charge in [0.15, 0.2) is 0 Å². The molecular weight excluding hydrogens is 232 g/mol. The average molecular weight is 248 g/mol. The monoisotopic (exact) mass is 248 g/mol. The van der Waals surface area contributed by atoms with E-state index in [1.54, 1.807) is 11.3 Å². The van der Waals surface area contributed by atoms with Gasteiger partial charge < -0.3 is 10.5 Å². The van der Waals surface area contributed by atoms with Gasteiger partial charge in [0.05, 0.1) is 23.5 Å². The van der Waals surface area contributed by atoms with E-state index in [1.165, 1.54) is 4.88 Å². The molecule has 90 valence electrons. The summed E-state index contributed by atoms with van der Waals surface area (Å²) in [4.78, 5) is 5.49. The third-order valence-electron chi connectivity index (χ3n) is 2.60. The molecular formula is C13H16N2OS. The Balaban J connectivity index is 1.94. The Morgan fingerprint density at radius 2 is 2.18 bits per heavy atom. The fourth-order valence-corrected chi connectivity index (χ4v) is 2.35. The van der Waals surface area contributed by atoms with Crippen LogP contribution in [0.2, 0.25) is 0 Å². The van der Waals surface area contributed by atoms with Crippen LogP contribution >= 0.6 is 11.3 Å². The molecule has 1 heterocycles. The van der Waals surface area contributed by atoms with Gasteiger partial charge in [-0.2, -0.15) is 0 Å². The second-order valence-electron chi connectivity index (χ2n) is 4.00. The van der Waals surface area contributed by atoms with Crippen LogP contribution in [-0.4, -0.2) is 11.6 Å². The summed E-state index contributed by atoms with van der Waals surface area (Å²) in [5.41, 5.74) is 10.7. The highest BCUT2D eigenvalue weighted by Crippen LogP contribution is 2.23. The lowest BCUT2D eigenvalue weighted by Crippen LogP contribution is -2.03. The Bertz CT molecular complexity index is 508. The molecule has 0 saturated carbocycles. The Labute approximate surface area is 105 Å². The SMILES string of the molecule is Cc1ccc(N)c(OCCc2scnc2C)c1. The number of anilines is 1. The fourth-order valence-electron chi connectivity index (χ4n) is 1.59. The minimum absolute atomic E-state index is 0.636. The van der Waals surface area contributed by atoms with Gasteiger partial charge in [0, 0.05) is 11.3 Å². The first-order valence-electron chi connectivity index (χ1n) is 5.54. The molecule has 0 radical (unpaired) electrons. The van der Waals surface area contributed by atoms with Crippen LogP contribution in [0.1, 0.15) is 16.1 Å². The van der Waals surface area contributed by atoms with Crippen molar-refractivity contribution < 1.29 is 4.74 Å².